The van der Waals surface area contributed by atoms with Crippen molar-refractivity contribution < 1.29 is 22.3 Å². The molecule has 33 heavy (non-hydrogen) atoms. The molecule has 0 aliphatic heterocycles. The Labute approximate surface area is 185 Å². The van der Waals surface area contributed by atoms with Gasteiger partial charge in [-0.25, -0.2) is 14.4 Å². The molecule has 4 rings (SSSR count). The maximum atomic E-state index is 13.2. The number of para-hydroxylation sites is 1. The van der Waals surface area contributed by atoms with Crippen LogP contribution >= 0.6 is 0 Å². The van der Waals surface area contributed by atoms with Crippen LogP contribution in [0.5, 0.6) is 5.75 Å². The summed E-state index contributed by atoms with van der Waals surface area (Å²) in [6.07, 6.45) is -3.05. The number of hydrogen-bond acceptors (Lipinski definition) is 7. The van der Waals surface area contributed by atoms with Gasteiger partial charge in [-0.1, -0.05) is 18.2 Å². The van der Waals surface area contributed by atoms with E-state index in [2.05, 4.69) is 30.6 Å². The third-order valence-electron chi connectivity index (χ3n) is 4.40. The second kappa shape index (κ2) is 9.63. The summed E-state index contributed by atoms with van der Waals surface area (Å²) in [4.78, 5) is 17.0. The monoisotopic (exact) mass is 458 g/mol. The molecule has 0 fully saturated rings. The summed E-state index contributed by atoms with van der Waals surface area (Å²) in [7, 11) is 0. The molecule has 7 nitrogen and oxygen atoms in total. The molecule has 0 aliphatic rings. The molecule has 0 radical (unpaired) electrons. The highest BCUT2D eigenvalue weighted by Crippen LogP contribution is 2.25. The van der Waals surface area contributed by atoms with E-state index >= 15 is 0 Å². The lowest BCUT2D eigenvalue weighted by atomic mass is 10.1. The zero-order chi connectivity index (χ0) is 23.3. The van der Waals surface area contributed by atoms with E-state index in [0.717, 1.165) is 0 Å². The highest BCUT2D eigenvalue weighted by atomic mass is 19.4. The fraction of sp³-hybridized carbons (Fsp3) is 0.182. The summed E-state index contributed by atoms with van der Waals surface area (Å²) in [5.41, 5.74) is 1.06. The van der Waals surface area contributed by atoms with Gasteiger partial charge in [-0.2, -0.15) is 23.1 Å². The number of nitrogens with one attached hydrogen (secondary N) is 2. The van der Waals surface area contributed by atoms with Crippen LogP contribution in [-0.4, -0.2) is 45.8 Å². The summed E-state index contributed by atoms with van der Waals surface area (Å²) in [5, 5.41) is 5.18. The zero-order valence-electron chi connectivity index (χ0n) is 17.1. The van der Waals surface area contributed by atoms with Gasteiger partial charge in [0.25, 0.3) is 0 Å². The van der Waals surface area contributed by atoms with E-state index in [1.54, 1.807) is 12.1 Å². The van der Waals surface area contributed by atoms with Crippen LogP contribution in [0.2, 0.25) is 0 Å². The van der Waals surface area contributed by atoms with E-state index in [1.165, 1.54) is 30.5 Å². The highest BCUT2D eigenvalue weighted by Gasteiger charge is 2.27. The third-order valence-corrected chi connectivity index (χ3v) is 4.40. The number of hydrogen-bond donors (Lipinski definition) is 2. The first-order valence-corrected chi connectivity index (χ1v) is 9.90. The van der Waals surface area contributed by atoms with Crippen LogP contribution in [0.1, 0.15) is 0 Å². The predicted molar refractivity (Wildman–Crippen MR) is 115 cm³/mol. The van der Waals surface area contributed by atoms with Crippen LogP contribution in [-0.2, 0) is 0 Å². The van der Waals surface area contributed by atoms with E-state index in [9.17, 15) is 17.6 Å². The fourth-order valence-electron chi connectivity index (χ4n) is 2.90. The third kappa shape index (κ3) is 6.03. The van der Waals surface area contributed by atoms with Gasteiger partial charge >= 0.3 is 6.18 Å². The maximum Gasteiger partial charge on any atom is 0.405 e. The van der Waals surface area contributed by atoms with Crippen LogP contribution in [0, 0.1) is 5.82 Å². The lowest BCUT2D eigenvalue weighted by Crippen LogP contribution is -2.22. The van der Waals surface area contributed by atoms with Crippen molar-refractivity contribution in [2.24, 2.45) is 0 Å². The molecule has 0 saturated heterocycles. The zero-order valence-corrected chi connectivity index (χ0v) is 17.1. The van der Waals surface area contributed by atoms with Gasteiger partial charge in [0.05, 0.1) is 18.4 Å². The molecule has 0 saturated carbocycles. The van der Waals surface area contributed by atoms with Crippen molar-refractivity contribution in [1.29, 1.82) is 0 Å². The fourth-order valence-corrected chi connectivity index (χ4v) is 2.90. The molecule has 2 aromatic heterocycles. The molecule has 2 N–H and O–H groups in total. The Morgan fingerprint density at radius 3 is 2.36 bits per heavy atom. The first-order chi connectivity index (χ1) is 15.9. The molecule has 2 heterocycles. The smallest absolute Gasteiger partial charge is 0.405 e. The van der Waals surface area contributed by atoms with Crippen LogP contribution < -0.4 is 15.4 Å². The number of ether oxygens (including phenoxy) is 1. The lowest BCUT2D eigenvalue weighted by molar-refractivity contribution is -0.115. The SMILES string of the molecule is Fc1ccc(-c2cnc3nc(NCCOc4ccccc4)nc(NCC(F)(F)F)c3n2)cc1. The minimum absolute atomic E-state index is 0.0622. The van der Waals surface area contributed by atoms with Crippen molar-refractivity contribution in [2.75, 3.05) is 30.3 Å². The minimum Gasteiger partial charge on any atom is -0.492 e. The van der Waals surface area contributed by atoms with Gasteiger partial charge in [-0.15, -0.1) is 0 Å². The Balaban J connectivity index is 1.57. The highest BCUT2D eigenvalue weighted by molar-refractivity contribution is 5.85. The van der Waals surface area contributed by atoms with Gasteiger partial charge in [0.1, 0.15) is 24.7 Å². The lowest BCUT2D eigenvalue weighted by Gasteiger charge is -2.13. The first-order valence-electron chi connectivity index (χ1n) is 9.90. The Hall–Kier alpha value is -4.02. The van der Waals surface area contributed by atoms with Gasteiger partial charge in [-0.05, 0) is 36.4 Å². The van der Waals surface area contributed by atoms with Crippen molar-refractivity contribution in [2.45, 2.75) is 6.18 Å². The number of alkyl halides is 3. The van der Waals surface area contributed by atoms with Crippen molar-refractivity contribution in [3.8, 4) is 17.0 Å². The Morgan fingerprint density at radius 2 is 1.64 bits per heavy atom. The maximum absolute atomic E-state index is 13.2. The van der Waals surface area contributed by atoms with Crippen LogP contribution in [0.3, 0.4) is 0 Å². The molecule has 0 atom stereocenters. The van der Waals surface area contributed by atoms with Gasteiger partial charge in [0.15, 0.2) is 17.0 Å². The van der Waals surface area contributed by atoms with E-state index in [0.29, 0.717) is 23.6 Å². The summed E-state index contributed by atoms with van der Waals surface area (Å²) in [6, 6.07) is 14.7. The van der Waals surface area contributed by atoms with Crippen molar-refractivity contribution >= 4 is 22.9 Å². The van der Waals surface area contributed by atoms with Crippen molar-refractivity contribution in [3.05, 3.63) is 66.6 Å². The average molecular weight is 458 g/mol. The molecule has 0 bridgehead atoms. The second-order valence-corrected chi connectivity index (χ2v) is 6.89. The quantitative estimate of drug-likeness (QED) is 0.293. The van der Waals surface area contributed by atoms with Gasteiger partial charge in [-0.3, -0.25) is 0 Å². The molecular weight excluding hydrogens is 440 g/mol. The number of fused-ring (bicyclic) bond motifs is 1. The van der Waals surface area contributed by atoms with Gasteiger partial charge < -0.3 is 15.4 Å². The summed E-state index contributed by atoms with van der Waals surface area (Å²) >= 11 is 0. The van der Waals surface area contributed by atoms with Crippen LogP contribution in [0.25, 0.3) is 22.4 Å². The molecule has 0 unspecified atom stereocenters. The largest absolute Gasteiger partial charge is 0.492 e. The minimum atomic E-state index is -4.46. The number of benzene rings is 2. The molecule has 0 amide bonds. The van der Waals surface area contributed by atoms with E-state index in [1.807, 2.05) is 18.2 Å². The van der Waals surface area contributed by atoms with Gasteiger partial charge in [0.2, 0.25) is 5.95 Å². The van der Waals surface area contributed by atoms with Crippen LogP contribution in [0.15, 0.2) is 60.8 Å². The average Bonchev–Trinajstić information content (AvgIpc) is 2.81. The van der Waals surface area contributed by atoms with E-state index in [4.69, 9.17) is 4.74 Å². The number of rotatable bonds is 8. The normalized spacial score (nSPS) is 11.4. The molecule has 0 spiro atoms. The summed E-state index contributed by atoms with van der Waals surface area (Å²) in [5.74, 6) is 0.216. The first kappa shape index (κ1) is 22.2. The Kier molecular flexibility index (Phi) is 6.48. The Morgan fingerprint density at radius 1 is 0.879 bits per heavy atom. The molecule has 11 heteroatoms. The molecule has 0 aliphatic carbocycles. The van der Waals surface area contributed by atoms with Crippen molar-refractivity contribution in [1.82, 2.24) is 19.9 Å². The molecular formula is C22H18F4N6O. The van der Waals surface area contributed by atoms with Crippen LogP contribution in [0.4, 0.5) is 29.3 Å². The number of nitrogens with zero attached hydrogens (tertiary/aromatic N) is 4. The van der Waals surface area contributed by atoms with Crippen molar-refractivity contribution in [3.63, 3.8) is 0 Å². The summed E-state index contributed by atoms with van der Waals surface area (Å²) < 4.78 is 57.3. The van der Waals surface area contributed by atoms with E-state index < -0.39 is 18.5 Å². The Bertz CT molecular complexity index is 1220. The van der Waals surface area contributed by atoms with Gasteiger partial charge in [0, 0.05) is 5.56 Å². The molecule has 2 aromatic carbocycles. The second-order valence-electron chi connectivity index (χ2n) is 6.89. The number of aromatic nitrogens is 4. The molecule has 4 aromatic rings. The van der Waals surface area contributed by atoms with E-state index in [-0.39, 0.29) is 29.5 Å². The number of anilines is 2. The topological polar surface area (TPSA) is 84.9 Å². The summed E-state index contributed by atoms with van der Waals surface area (Å²) in [6.45, 7) is -0.718. The predicted octanol–water partition coefficient (Wildman–Crippen LogP) is 4.69. The standard InChI is InChI=1S/C22H18F4N6O/c23-15-8-6-14(7-9-15)17-12-28-19-18(30-17)20(29-13-22(24,25)26)32-21(31-19)27-10-11-33-16-4-2-1-3-5-16/h1-9,12H,10-11,13H2,(H2,27,28,29,31,32). The molecule has 170 valence electrons. The number of halogens is 4.